The highest BCUT2D eigenvalue weighted by molar-refractivity contribution is 6.14. The van der Waals surface area contributed by atoms with Crippen LogP contribution in [-0.2, 0) is 0 Å². The molecule has 0 aliphatic carbocycles. The third-order valence-corrected chi connectivity index (χ3v) is 6.83. The molecule has 0 bridgehead atoms. The molecule has 2 nitrogen and oxygen atoms in total. The average Bonchev–Trinajstić information content (AvgIpc) is 2.81. The van der Waals surface area contributed by atoms with E-state index >= 15 is 0 Å². The Bertz CT molecular complexity index is 1360. The Balaban J connectivity index is 1.88. The van der Waals surface area contributed by atoms with Crippen LogP contribution in [0.25, 0.3) is 32.3 Å². The molecule has 0 atom stereocenters. The second kappa shape index (κ2) is 7.96. The van der Waals surface area contributed by atoms with Crippen molar-refractivity contribution in [2.45, 2.75) is 19.4 Å². The third kappa shape index (κ3) is 3.51. The van der Waals surface area contributed by atoms with Gasteiger partial charge in [-0.1, -0.05) is 84.9 Å². The molecule has 0 saturated heterocycles. The Labute approximate surface area is 190 Å². The Morgan fingerprint density at radius 1 is 0.594 bits per heavy atom. The molecule has 5 aromatic rings. The van der Waals surface area contributed by atoms with E-state index < -0.39 is 0 Å². The molecule has 0 fully saturated rings. The molecule has 32 heavy (non-hydrogen) atoms. The van der Waals surface area contributed by atoms with Crippen LogP contribution in [0.5, 0.6) is 0 Å². The molecule has 0 amide bonds. The summed E-state index contributed by atoms with van der Waals surface area (Å²) in [5.41, 5.74) is 2.50. The maximum absolute atomic E-state index is 2.55. The van der Waals surface area contributed by atoms with Crippen molar-refractivity contribution in [1.29, 1.82) is 0 Å². The number of hydrogen-bond donors (Lipinski definition) is 0. The van der Waals surface area contributed by atoms with Gasteiger partial charge in [0.05, 0.1) is 5.69 Å². The number of anilines is 2. The molecule has 0 N–H and O–H groups in total. The van der Waals surface area contributed by atoms with Crippen LogP contribution in [0, 0.1) is 0 Å². The fraction of sp³-hybridized carbons (Fsp3) is 0.200. The fourth-order valence-electron chi connectivity index (χ4n) is 4.54. The van der Waals surface area contributed by atoms with Crippen LogP contribution >= 0.6 is 0 Å². The summed E-state index contributed by atoms with van der Waals surface area (Å²) in [6.07, 6.45) is 0. The van der Waals surface area contributed by atoms with E-state index in [-0.39, 0.29) is 5.54 Å². The molecule has 0 radical (unpaired) electrons. The summed E-state index contributed by atoms with van der Waals surface area (Å²) in [6, 6.07) is 35.2. The standard InChI is InChI=1S/C30H30N2/c1-30(2,31(3)4)21-32(28-19-11-15-22-12-5-8-16-25(22)28)29-26-17-9-6-13-23(26)20-24-14-7-10-18-27(24)29/h5-20H,21H2,1-4H3. The van der Waals surface area contributed by atoms with Crippen LogP contribution in [-0.4, -0.2) is 31.1 Å². The van der Waals surface area contributed by atoms with Crippen molar-refractivity contribution < 1.29 is 0 Å². The summed E-state index contributed by atoms with van der Waals surface area (Å²) < 4.78 is 0. The van der Waals surface area contributed by atoms with E-state index in [0.717, 1.165) is 6.54 Å². The molecule has 0 aliphatic rings. The van der Waals surface area contributed by atoms with Gasteiger partial charge >= 0.3 is 0 Å². The van der Waals surface area contributed by atoms with Crippen molar-refractivity contribution in [2.24, 2.45) is 0 Å². The molecule has 0 heterocycles. The molecule has 0 aromatic heterocycles. The first-order valence-corrected chi connectivity index (χ1v) is 11.3. The maximum Gasteiger partial charge on any atom is 0.0570 e. The minimum Gasteiger partial charge on any atom is -0.338 e. The molecule has 5 rings (SSSR count). The number of likely N-dealkylation sites (N-methyl/N-ethyl adjacent to an activating group) is 1. The van der Waals surface area contributed by atoms with E-state index in [1.807, 2.05) is 0 Å². The number of hydrogen-bond acceptors (Lipinski definition) is 2. The zero-order chi connectivity index (χ0) is 22.3. The largest absolute Gasteiger partial charge is 0.338 e. The first-order valence-electron chi connectivity index (χ1n) is 11.3. The monoisotopic (exact) mass is 418 g/mol. The van der Waals surface area contributed by atoms with E-state index in [2.05, 4.69) is 135 Å². The van der Waals surface area contributed by atoms with Crippen molar-refractivity contribution in [3.8, 4) is 0 Å². The summed E-state index contributed by atoms with van der Waals surface area (Å²) in [5, 5.41) is 7.66. The van der Waals surface area contributed by atoms with Gasteiger partial charge < -0.3 is 9.80 Å². The zero-order valence-corrected chi connectivity index (χ0v) is 19.3. The predicted molar refractivity (Wildman–Crippen MR) is 140 cm³/mol. The zero-order valence-electron chi connectivity index (χ0n) is 19.3. The Kier molecular flexibility index (Phi) is 5.11. The van der Waals surface area contributed by atoms with Gasteiger partial charge in [-0.3, -0.25) is 0 Å². The molecule has 2 heteroatoms. The smallest absolute Gasteiger partial charge is 0.0570 e. The van der Waals surface area contributed by atoms with Crippen LogP contribution < -0.4 is 4.90 Å². The molecule has 160 valence electrons. The van der Waals surface area contributed by atoms with Crippen molar-refractivity contribution in [2.75, 3.05) is 25.5 Å². The van der Waals surface area contributed by atoms with Gasteiger partial charge in [-0.05, 0) is 56.2 Å². The van der Waals surface area contributed by atoms with E-state index in [1.165, 1.54) is 43.7 Å². The number of benzene rings is 5. The minimum atomic E-state index is -0.0327. The van der Waals surface area contributed by atoms with Gasteiger partial charge in [-0.15, -0.1) is 0 Å². The van der Waals surface area contributed by atoms with Crippen molar-refractivity contribution >= 4 is 43.7 Å². The maximum atomic E-state index is 2.55. The van der Waals surface area contributed by atoms with Crippen LogP contribution in [0.1, 0.15) is 13.8 Å². The van der Waals surface area contributed by atoms with Gasteiger partial charge in [-0.25, -0.2) is 0 Å². The Morgan fingerprint density at radius 3 is 1.69 bits per heavy atom. The number of fused-ring (bicyclic) bond motifs is 3. The van der Waals surface area contributed by atoms with Crippen molar-refractivity contribution in [3.63, 3.8) is 0 Å². The second-order valence-corrected chi connectivity index (χ2v) is 9.46. The lowest BCUT2D eigenvalue weighted by Crippen LogP contribution is -2.47. The van der Waals surface area contributed by atoms with Crippen LogP contribution in [0.4, 0.5) is 11.4 Å². The van der Waals surface area contributed by atoms with E-state index in [9.17, 15) is 0 Å². The third-order valence-electron chi connectivity index (χ3n) is 6.83. The topological polar surface area (TPSA) is 6.48 Å². The highest BCUT2D eigenvalue weighted by Gasteiger charge is 2.28. The highest BCUT2D eigenvalue weighted by Crippen LogP contribution is 2.42. The molecule has 0 spiro atoms. The van der Waals surface area contributed by atoms with Crippen LogP contribution in [0.15, 0.2) is 97.1 Å². The quantitative estimate of drug-likeness (QED) is 0.271. The lowest BCUT2D eigenvalue weighted by Gasteiger charge is -2.40. The summed E-state index contributed by atoms with van der Waals surface area (Å²) in [4.78, 5) is 4.87. The Hall–Kier alpha value is -3.36. The molecule has 0 unspecified atom stereocenters. The first kappa shape index (κ1) is 20.5. The van der Waals surface area contributed by atoms with Crippen molar-refractivity contribution in [1.82, 2.24) is 4.90 Å². The molecular formula is C30H30N2. The van der Waals surface area contributed by atoms with Gasteiger partial charge in [-0.2, -0.15) is 0 Å². The Morgan fingerprint density at radius 2 is 1.09 bits per heavy atom. The van der Waals surface area contributed by atoms with E-state index in [1.54, 1.807) is 0 Å². The second-order valence-electron chi connectivity index (χ2n) is 9.46. The van der Waals surface area contributed by atoms with Gasteiger partial charge in [0.15, 0.2) is 0 Å². The van der Waals surface area contributed by atoms with E-state index in [0.29, 0.717) is 0 Å². The van der Waals surface area contributed by atoms with Gasteiger partial charge in [0, 0.05) is 33.9 Å². The van der Waals surface area contributed by atoms with Gasteiger partial charge in [0.2, 0.25) is 0 Å². The molecule has 5 aromatic carbocycles. The van der Waals surface area contributed by atoms with Crippen LogP contribution in [0.3, 0.4) is 0 Å². The minimum absolute atomic E-state index is 0.0327. The number of rotatable bonds is 5. The average molecular weight is 419 g/mol. The molecule has 0 saturated carbocycles. The normalized spacial score (nSPS) is 12.2. The highest BCUT2D eigenvalue weighted by atomic mass is 15.2. The molecule has 0 aliphatic heterocycles. The van der Waals surface area contributed by atoms with Crippen LogP contribution in [0.2, 0.25) is 0 Å². The van der Waals surface area contributed by atoms with Crippen molar-refractivity contribution in [3.05, 3.63) is 97.1 Å². The SMILES string of the molecule is CN(C)C(C)(C)CN(c1cccc2ccccc12)c1c2ccccc2cc2ccccc12. The first-order chi connectivity index (χ1) is 15.5. The predicted octanol–water partition coefficient (Wildman–Crippen LogP) is 7.62. The summed E-state index contributed by atoms with van der Waals surface area (Å²) in [5.74, 6) is 0. The number of nitrogens with zero attached hydrogens (tertiary/aromatic N) is 2. The van der Waals surface area contributed by atoms with E-state index in [4.69, 9.17) is 0 Å². The summed E-state index contributed by atoms with van der Waals surface area (Å²) in [7, 11) is 4.34. The van der Waals surface area contributed by atoms with Gasteiger partial charge in [0.1, 0.15) is 0 Å². The lowest BCUT2D eigenvalue weighted by atomic mass is 9.96. The van der Waals surface area contributed by atoms with Gasteiger partial charge in [0.25, 0.3) is 0 Å². The summed E-state index contributed by atoms with van der Waals surface area (Å²) >= 11 is 0. The summed E-state index contributed by atoms with van der Waals surface area (Å²) in [6.45, 7) is 5.50. The molecular weight excluding hydrogens is 388 g/mol. The fourth-order valence-corrected chi connectivity index (χ4v) is 4.54. The lowest BCUT2D eigenvalue weighted by molar-refractivity contribution is 0.204.